The predicted molar refractivity (Wildman–Crippen MR) is 108 cm³/mol. The molecule has 2 heterocycles. The fourth-order valence-electron chi connectivity index (χ4n) is 3.06. The van der Waals surface area contributed by atoms with Crippen molar-refractivity contribution in [1.29, 1.82) is 0 Å². The number of anilines is 1. The summed E-state index contributed by atoms with van der Waals surface area (Å²) < 4.78 is 12.5. The van der Waals surface area contributed by atoms with Gasteiger partial charge in [0.15, 0.2) is 0 Å². The Morgan fingerprint density at radius 1 is 1.25 bits per heavy atom. The van der Waals surface area contributed by atoms with Gasteiger partial charge in [0.2, 0.25) is 5.91 Å². The van der Waals surface area contributed by atoms with Crippen molar-refractivity contribution >= 4 is 34.3 Å². The first-order valence-corrected chi connectivity index (χ1v) is 9.10. The number of amides is 1. The minimum atomic E-state index is -0.147. The van der Waals surface area contributed by atoms with Gasteiger partial charge in [-0.3, -0.25) is 4.79 Å². The van der Waals surface area contributed by atoms with Crippen LogP contribution in [0.4, 0.5) is 5.82 Å². The van der Waals surface area contributed by atoms with Crippen LogP contribution in [0.3, 0.4) is 0 Å². The molecule has 0 unspecified atom stereocenters. The summed E-state index contributed by atoms with van der Waals surface area (Å²) in [6, 6.07) is 14.9. The Labute approximate surface area is 166 Å². The summed E-state index contributed by atoms with van der Waals surface area (Å²) >= 11 is 6.04. The molecule has 0 aliphatic carbocycles. The largest absolute Gasteiger partial charge is 0.497 e. The topological polar surface area (TPSA) is 69.3 Å². The highest BCUT2D eigenvalue weighted by Gasteiger charge is 2.13. The third-order valence-electron chi connectivity index (χ3n) is 4.42. The van der Waals surface area contributed by atoms with Crippen LogP contribution in [0.25, 0.3) is 11.0 Å². The summed E-state index contributed by atoms with van der Waals surface area (Å²) in [6.45, 7) is 0.512. The van der Waals surface area contributed by atoms with Gasteiger partial charge >= 0.3 is 0 Å². The van der Waals surface area contributed by atoms with Crippen LogP contribution in [0.15, 0.2) is 65.4 Å². The Morgan fingerprint density at radius 2 is 2.14 bits per heavy atom. The number of halogens is 1. The molecule has 0 saturated carbocycles. The number of nitrogens with zero attached hydrogens (tertiary/aromatic N) is 2. The van der Waals surface area contributed by atoms with Gasteiger partial charge in [-0.05, 0) is 29.8 Å². The zero-order valence-electron chi connectivity index (χ0n) is 15.2. The smallest absolute Gasteiger partial charge is 0.230 e. The van der Waals surface area contributed by atoms with E-state index in [2.05, 4.69) is 10.4 Å². The van der Waals surface area contributed by atoms with Gasteiger partial charge in [-0.1, -0.05) is 23.7 Å². The number of furan rings is 1. The summed E-state index contributed by atoms with van der Waals surface area (Å²) in [5.41, 5.74) is 2.51. The van der Waals surface area contributed by atoms with Crippen molar-refractivity contribution in [3.8, 4) is 5.75 Å². The average molecular weight is 396 g/mol. The first kappa shape index (κ1) is 18.1. The normalized spacial score (nSPS) is 10.9. The number of nitrogens with one attached hydrogen (secondary N) is 1. The Hall–Kier alpha value is -3.25. The lowest BCUT2D eigenvalue weighted by molar-refractivity contribution is -0.115. The van der Waals surface area contributed by atoms with E-state index in [0.717, 1.165) is 16.5 Å². The third-order valence-corrected chi connectivity index (χ3v) is 4.65. The highest BCUT2D eigenvalue weighted by Crippen LogP contribution is 2.26. The van der Waals surface area contributed by atoms with Gasteiger partial charge in [-0.2, -0.15) is 5.10 Å². The molecule has 0 fully saturated rings. The number of ether oxygens (including phenoxy) is 1. The van der Waals surface area contributed by atoms with Crippen LogP contribution in [0.5, 0.6) is 5.75 Å². The number of carbonyl (C=O) groups excluding carboxylic acids is 1. The number of benzene rings is 2. The highest BCUT2D eigenvalue weighted by molar-refractivity contribution is 6.30. The molecule has 4 aromatic rings. The summed E-state index contributed by atoms with van der Waals surface area (Å²) in [6.07, 6.45) is 3.45. The van der Waals surface area contributed by atoms with Crippen molar-refractivity contribution < 1.29 is 13.9 Å². The molecule has 0 radical (unpaired) electrons. The second-order valence-corrected chi connectivity index (χ2v) is 6.79. The fraction of sp³-hybridized carbons (Fsp3) is 0.143. The maximum absolute atomic E-state index is 12.6. The molecular weight excluding hydrogens is 378 g/mol. The quantitative estimate of drug-likeness (QED) is 0.521. The number of rotatable bonds is 6. The third kappa shape index (κ3) is 3.87. The van der Waals surface area contributed by atoms with Crippen LogP contribution < -0.4 is 10.1 Å². The van der Waals surface area contributed by atoms with E-state index in [9.17, 15) is 4.79 Å². The van der Waals surface area contributed by atoms with E-state index in [1.54, 1.807) is 36.4 Å². The molecule has 7 heteroatoms. The molecule has 0 saturated heterocycles. The van der Waals surface area contributed by atoms with E-state index in [4.69, 9.17) is 20.8 Å². The lowest BCUT2D eigenvalue weighted by Gasteiger charge is -2.09. The van der Waals surface area contributed by atoms with E-state index in [-0.39, 0.29) is 12.3 Å². The average Bonchev–Trinajstić information content (AvgIpc) is 3.28. The van der Waals surface area contributed by atoms with E-state index >= 15 is 0 Å². The van der Waals surface area contributed by atoms with Crippen LogP contribution in [-0.4, -0.2) is 22.8 Å². The number of carbonyl (C=O) groups is 1. The molecule has 1 amide bonds. The monoisotopic (exact) mass is 395 g/mol. The van der Waals surface area contributed by atoms with Crippen molar-refractivity contribution in [2.24, 2.45) is 0 Å². The Morgan fingerprint density at radius 3 is 2.96 bits per heavy atom. The second-order valence-electron chi connectivity index (χ2n) is 6.35. The fourth-order valence-corrected chi connectivity index (χ4v) is 3.27. The maximum Gasteiger partial charge on any atom is 0.230 e. The SMILES string of the molecule is COc1ccc2c(CC(=O)Nc3ccnn3Cc3cccc(Cl)c3)coc2c1. The Kier molecular flexibility index (Phi) is 5.04. The molecule has 0 bridgehead atoms. The summed E-state index contributed by atoms with van der Waals surface area (Å²) in [5.74, 6) is 1.19. The van der Waals surface area contributed by atoms with Gasteiger partial charge < -0.3 is 14.5 Å². The molecule has 0 aliphatic heterocycles. The number of fused-ring (bicyclic) bond motifs is 1. The molecular formula is C21H18ClN3O3. The van der Waals surface area contributed by atoms with Gasteiger partial charge in [0.1, 0.15) is 17.2 Å². The summed E-state index contributed by atoms with van der Waals surface area (Å²) in [5, 5.41) is 8.76. The molecule has 6 nitrogen and oxygen atoms in total. The summed E-state index contributed by atoms with van der Waals surface area (Å²) in [4.78, 5) is 12.6. The first-order valence-electron chi connectivity index (χ1n) is 8.72. The number of methoxy groups -OCH3 is 1. The van der Waals surface area contributed by atoms with E-state index in [1.807, 2.05) is 36.4 Å². The highest BCUT2D eigenvalue weighted by atomic mass is 35.5. The van der Waals surface area contributed by atoms with Crippen LogP contribution in [0, 0.1) is 0 Å². The second kappa shape index (κ2) is 7.78. The van der Waals surface area contributed by atoms with Gasteiger partial charge in [0, 0.05) is 28.1 Å². The minimum Gasteiger partial charge on any atom is -0.497 e. The number of hydrogen-bond donors (Lipinski definition) is 1. The van der Waals surface area contributed by atoms with Gasteiger partial charge in [-0.15, -0.1) is 0 Å². The minimum absolute atomic E-state index is 0.147. The van der Waals surface area contributed by atoms with Crippen LogP contribution in [0.1, 0.15) is 11.1 Å². The molecule has 4 rings (SSSR count). The Balaban J connectivity index is 1.47. The first-order chi connectivity index (χ1) is 13.6. The maximum atomic E-state index is 12.6. The zero-order valence-corrected chi connectivity index (χ0v) is 15.9. The van der Waals surface area contributed by atoms with Crippen LogP contribution >= 0.6 is 11.6 Å². The van der Waals surface area contributed by atoms with Crippen LogP contribution in [-0.2, 0) is 17.8 Å². The van der Waals surface area contributed by atoms with Crippen molar-refractivity contribution in [1.82, 2.24) is 9.78 Å². The van der Waals surface area contributed by atoms with Crippen LogP contribution in [0.2, 0.25) is 5.02 Å². The van der Waals surface area contributed by atoms with E-state index in [0.29, 0.717) is 28.7 Å². The lowest BCUT2D eigenvalue weighted by Crippen LogP contribution is -2.17. The standard InChI is InChI=1S/C21H18ClN3O3/c1-27-17-5-6-18-15(13-28-19(18)11-17)10-21(26)24-20-7-8-23-25(20)12-14-3-2-4-16(22)9-14/h2-9,11,13H,10,12H2,1H3,(H,24,26). The molecule has 1 N–H and O–H groups in total. The molecule has 142 valence electrons. The summed E-state index contributed by atoms with van der Waals surface area (Å²) in [7, 11) is 1.60. The predicted octanol–water partition coefficient (Wildman–Crippen LogP) is 4.52. The Bertz CT molecular complexity index is 1130. The van der Waals surface area contributed by atoms with E-state index in [1.165, 1.54) is 0 Å². The molecule has 0 atom stereocenters. The molecule has 0 aliphatic rings. The number of aromatic nitrogens is 2. The molecule has 28 heavy (non-hydrogen) atoms. The van der Waals surface area contributed by atoms with Gasteiger partial charge in [-0.25, -0.2) is 4.68 Å². The zero-order chi connectivity index (χ0) is 19.5. The van der Waals surface area contributed by atoms with E-state index < -0.39 is 0 Å². The molecule has 2 aromatic heterocycles. The van der Waals surface area contributed by atoms with Crippen molar-refractivity contribution in [3.05, 3.63) is 77.1 Å². The lowest BCUT2D eigenvalue weighted by atomic mass is 10.1. The van der Waals surface area contributed by atoms with Crippen molar-refractivity contribution in [2.75, 3.05) is 12.4 Å². The van der Waals surface area contributed by atoms with Gasteiger partial charge in [0.25, 0.3) is 0 Å². The number of hydrogen-bond acceptors (Lipinski definition) is 4. The molecule has 0 spiro atoms. The van der Waals surface area contributed by atoms with Gasteiger partial charge in [0.05, 0.1) is 32.5 Å². The van der Waals surface area contributed by atoms with Crippen molar-refractivity contribution in [3.63, 3.8) is 0 Å². The molecule has 2 aromatic carbocycles. The van der Waals surface area contributed by atoms with Crippen molar-refractivity contribution in [2.45, 2.75) is 13.0 Å².